The normalized spacial score (nSPS) is 18.2. The number of rotatable bonds is 9. The monoisotopic (exact) mass is 582 g/mol. The van der Waals surface area contributed by atoms with Gasteiger partial charge in [0.15, 0.2) is 0 Å². The van der Waals surface area contributed by atoms with E-state index < -0.39 is 0 Å². The number of nitrogens with one attached hydrogen (secondary N) is 2. The maximum atomic E-state index is 13.3. The predicted octanol–water partition coefficient (Wildman–Crippen LogP) is 4.19. The van der Waals surface area contributed by atoms with Crippen molar-refractivity contribution in [2.24, 2.45) is 0 Å². The second kappa shape index (κ2) is 13.9. The molecular weight excluding hydrogens is 547 g/mol. The summed E-state index contributed by atoms with van der Waals surface area (Å²) in [6, 6.07) is 4.14. The lowest BCUT2D eigenvalue weighted by Crippen LogP contribution is -2.56. The Hall–Kier alpha value is -1.95. The van der Waals surface area contributed by atoms with Crippen molar-refractivity contribution in [1.82, 2.24) is 30.5 Å². The third-order valence-electron chi connectivity index (χ3n) is 7.24. The topological polar surface area (TPSA) is 90.0 Å². The number of urea groups is 1. The van der Waals surface area contributed by atoms with Gasteiger partial charge in [-0.2, -0.15) is 11.3 Å². The Morgan fingerprint density at radius 1 is 1.24 bits per heavy atom. The number of aromatic nitrogens is 1. The van der Waals surface area contributed by atoms with Gasteiger partial charge in [-0.3, -0.25) is 10.2 Å². The number of carbonyl (C=O) groups excluding carboxylic acids is 2. The molecule has 0 radical (unpaired) electrons. The van der Waals surface area contributed by atoms with Crippen molar-refractivity contribution in [3.63, 3.8) is 0 Å². The molecule has 38 heavy (non-hydrogen) atoms. The van der Waals surface area contributed by atoms with Gasteiger partial charge >= 0.3 is 6.03 Å². The number of carbonyl (C=O) groups is 2. The van der Waals surface area contributed by atoms with E-state index in [9.17, 15) is 9.59 Å². The molecule has 12 heteroatoms. The van der Waals surface area contributed by atoms with Crippen molar-refractivity contribution in [2.45, 2.75) is 51.7 Å². The number of halogens is 2. The summed E-state index contributed by atoms with van der Waals surface area (Å²) in [4.78, 5) is 34.4. The molecule has 2 aliphatic heterocycles. The number of nitrogens with zero attached hydrogens (tertiary/aromatic N) is 4. The van der Waals surface area contributed by atoms with Gasteiger partial charge < -0.3 is 19.9 Å². The highest BCUT2D eigenvalue weighted by molar-refractivity contribution is 7.07. The summed E-state index contributed by atoms with van der Waals surface area (Å²) >= 11 is 13.7. The van der Waals surface area contributed by atoms with E-state index in [0.717, 1.165) is 37.9 Å². The van der Waals surface area contributed by atoms with Crippen LogP contribution in [0.2, 0.25) is 10.3 Å². The third-order valence-corrected chi connectivity index (χ3v) is 8.44. The van der Waals surface area contributed by atoms with Crippen molar-refractivity contribution < 1.29 is 14.3 Å². The lowest BCUT2D eigenvalue weighted by atomic mass is 10.0. The lowest BCUT2D eigenvalue weighted by molar-refractivity contribution is 0.0121. The first kappa shape index (κ1) is 29.0. The summed E-state index contributed by atoms with van der Waals surface area (Å²) in [7, 11) is 0. The van der Waals surface area contributed by atoms with Crippen LogP contribution in [0, 0.1) is 6.92 Å². The molecule has 2 aliphatic rings. The summed E-state index contributed by atoms with van der Waals surface area (Å²) in [6.07, 6.45) is 2.62. The maximum Gasteiger partial charge on any atom is 0.332 e. The molecule has 0 aromatic carbocycles. The first-order chi connectivity index (χ1) is 18.3. The van der Waals surface area contributed by atoms with E-state index in [1.165, 1.54) is 0 Å². The fourth-order valence-corrected chi connectivity index (χ4v) is 6.27. The average molecular weight is 584 g/mol. The highest BCUT2D eigenvalue weighted by Gasteiger charge is 2.31. The van der Waals surface area contributed by atoms with E-state index in [2.05, 4.69) is 44.4 Å². The number of thiophene rings is 1. The van der Waals surface area contributed by atoms with Crippen LogP contribution in [0.1, 0.15) is 47.7 Å². The average Bonchev–Trinajstić information content (AvgIpc) is 3.41. The largest absolute Gasteiger partial charge is 0.379 e. The lowest BCUT2D eigenvalue weighted by Gasteiger charge is -2.41. The van der Waals surface area contributed by atoms with E-state index in [-0.39, 0.29) is 28.3 Å². The van der Waals surface area contributed by atoms with Crippen LogP contribution in [0.5, 0.6) is 0 Å². The fraction of sp³-hybridized carbons (Fsp3) is 0.577. The van der Waals surface area contributed by atoms with E-state index in [1.807, 2.05) is 9.91 Å². The Balaban J connectivity index is 1.27. The van der Waals surface area contributed by atoms with Crippen LogP contribution in [-0.2, 0) is 11.3 Å². The highest BCUT2D eigenvalue weighted by atomic mass is 35.5. The van der Waals surface area contributed by atoms with Gasteiger partial charge in [-0.15, -0.1) is 0 Å². The van der Waals surface area contributed by atoms with Crippen molar-refractivity contribution in [3.8, 4) is 0 Å². The molecule has 2 saturated heterocycles. The molecule has 0 saturated carbocycles. The molecule has 1 atom stereocenters. The molecule has 0 aliphatic carbocycles. The fourth-order valence-electron chi connectivity index (χ4n) is 4.99. The van der Waals surface area contributed by atoms with E-state index in [4.69, 9.17) is 27.9 Å². The summed E-state index contributed by atoms with van der Waals surface area (Å²) in [5, 5.41) is 9.47. The summed E-state index contributed by atoms with van der Waals surface area (Å²) < 4.78 is 5.41. The van der Waals surface area contributed by atoms with Gasteiger partial charge in [-0.05, 0) is 67.1 Å². The smallest absolute Gasteiger partial charge is 0.332 e. The van der Waals surface area contributed by atoms with Gasteiger partial charge in [-0.1, -0.05) is 23.2 Å². The van der Waals surface area contributed by atoms with Crippen LogP contribution >= 0.6 is 34.5 Å². The highest BCUT2D eigenvalue weighted by Crippen LogP contribution is 2.23. The van der Waals surface area contributed by atoms with Crippen molar-refractivity contribution in [2.75, 3.05) is 45.9 Å². The number of hydrazine groups is 1. The number of piperidine rings is 1. The summed E-state index contributed by atoms with van der Waals surface area (Å²) in [6.45, 7) is 9.57. The second-order valence-corrected chi connectivity index (χ2v) is 11.4. The Morgan fingerprint density at radius 3 is 2.63 bits per heavy atom. The number of ether oxygens (including phenoxy) is 1. The minimum absolute atomic E-state index is 0.0436. The first-order valence-corrected chi connectivity index (χ1v) is 14.8. The quantitative estimate of drug-likeness (QED) is 0.431. The number of amides is 3. The number of likely N-dealkylation sites (tertiary alicyclic amines) is 1. The van der Waals surface area contributed by atoms with Gasteiger partial charge in [0.25, 0.3) is 5.91 Å². The molecule has 0 spiro atoms. The molecule has 2 N–H and O–H groups in total. The van der Waals surface area contributed by atoms with Crippen LogP contribution in [0.4, 0.5) is 4.79 Å². The molecule has 4 heterocycles. The Bertz CT molecular complexity index is 1050. The molecule has 9 nitrogen and oxygen atoms in total. The number of pyridine rings is 1. The predicted molar refractivity (Wildman–Crippen MR) is 151 cm³/mol. The molecule has 2 fully saturated rings. The number of aryl methyl sites for hydroxylation is 1. The molecule has 0 unspecified atom stereocenters. The van der Waals surface area contributed by atoms with E-state index >= 15 is 0 Å². The summed E-state index contributed by atoms with van der Waals surface area (Å²) in [5.74, 6) is -0.238. The van der Waals surface area contributed by atoms with Gasteiger partial charge in [0.05, 0.1) is 18.8 Å². The van der Waals surface area contributed by atoms with Crippen molar-refractivity contribution >= 4 is 46.5 Å². The Morgan fingerprint density at radius 2 is 1.97 bits per heavy atom. The molecule has 208 valence electrons. The zero-order chi connectivity index (χ0) is 27.1. The van der Waals surface area contributed by atoms with Gasteiger partial charge in [0.2, 0.25) is 0 Å². The van der Waals surface area contributed by atoms with E-state index in [0.29, 0.717) is 56.6 Å². The SMILES string of the molecule is Cc1cc(Cl)nc(Cl)c1C(=O)NCC[C@@H](C)N1CCC(N(Cc2ccsc2)C(=O)NN2CCOCC2)CC1. The van der Waals surface area contributed by atoms with E-state index in [1.54, 1.807) is 24.3 Å². The molecule has 2 aromatic heterocycles. The molecule has 0 bridgehead atoms. The number of hydrogen-bond acceptors (Lipinski definition) is 7. The maximum absolute atomic E-state index is 13.3. The van der Waals surface area contributed by atoms with Crippen molar-refractivity contribution in [1.29, 1.82) is 0 Å². The number of hydrogen-bond donors (Lipinski definition) is 2. The molecule has 2 aromatic rings. The van der Waals surface area contributed by atoms with Gasteiger partial charge in [-0.25, -0.2) is 14.8 Å². The minimum Gasteiger partial charge on any atom is -0.379 e. The molecular formula is C26H36Cl2N6O3S. The molecule has 4 rings (SSSR count). The Kier molecular flexibility index (Phi) is 10.6. The Labute approximate surface area is 238 Å². The van der Waals surface area contributed by atoms with Crippen LogP contribution in [-0.4, -0.2) is 89.8 Å². The van der Waals surface area contributed by atoms with Crippen LogP contribution in [0.3, 0.4) is 0 Å². The van der Waals surface area contributed by atoms with Crippen LogP contribution in [0.15, 0.2) is 22.9 Å². The zero-order valence-electron chi connectivity index (χ0n) is 21.9. The van der Waals surface area contributed by atoms with Gasteiger partial charge in [0, 0.05) is 51.4 Å². The first-order valence-electron chi connectivity index (χ1n) is 13.1. The minimum atomic E-state index is -0.238. The van der Waals surface area contributed by atoms with Crippen molar-refractivity contribution in [3.05, 3.63) is 49.9 Å². The van der Waals surface area contributed by atoms with Crippen LogP contribution < -0.4 is 10.7 Å². The van der Waals surface area contributed by atoms with Gasteiger partial charge in [0.1, 0.15) is 10.3 Å². The summed E-state index contributed by atoms with van der Waals surface area (Å²) in [5.41, 5.74) is 5.32. The van der Waals surface area contributed by atoms with Crippen LogP contribution in [0.25, 0.3) is 0 Å². The standard InChI is InChI=1S/C26H36Cl2N6O3S/c1-18-15-22(27)30-24(28)23(18)25(35)29-7-3-19(2)32-8-4-21(5-9-32)34(16-20-6-14-38-17-20)26(36)31-33-10-12-37-13-11-33/h6,14-15,17,19,21H,3-5,7-13,16H2,1-2H3,(H,29,35)(H,31,36)/t19-/m1/s1. The zero-order valence-corrected chi connectivity index (χ0v) is 24.2. The molecule has 3 amide bonds. The number of morpholine rings is 1. The second-order valence-electron chi connectivity index (χ2n) is 9.86. The third kappa shape index (κ3) is 7.80.